The van der Waals surface area contributed by atoms with Crippen LogP contribution in [0.5, 0.6) is 5.75 Å². The van der Waals surface area contributed by atoms with Gasteiger partial charge in [-0.25, -0.2) is 0 Å². The molecule has 18 heavy (non-hydrogen) atoms. The third-order valence-corrected chi connectivity index (χ3v) is 4.17. The van der Waals surface area contributed by atoms with Gasteiger partial charge in [0.2, 0.25) is 0 Å². The molecule has 2 unspecified atom stereocenters. The zero-order chi connectivity index (χ0) is 13.1. The van der Waals surface area contributed by atoms with Crippen molar-refractivity contribution in [2.45, 2.75) is 38.7 Å². The molecule has 1 aliphatic carbocycles. The maximum Gasteiger partial charge on any atom is 0.133 e. The molecule has 0 aliphatic heterocycles. The third-order valence-electron chi connectivity index (χ3n) is 3.55. The van der Waals surface area contributed by atoms with Crippen LogP contribution in [0.1, 0.15) is 38.2 Å². The van der Waals surface area contributed by atoms with Gasteiger partial charge in [-0.3, -0.25) is 5.41 Å². The molecular formula is C14H19BrN2O. The lowest BCUT2D eigenvalue weighted by atomic mass is 9.88. The number of rotatable bonds is 3. The van der Waals surface area contributed by atoms with Gasteiger partial charge < -0.3 is 10.5 Å². The van der Waals surface area contributed by atoms with Gasteiger partial charge in [-0.2, -0.15) is 0 Å². The van der Waals surface area contributed by atoms with E-state index < -0.39 is 0 Å². The van der Waals surface area contributed by atoms with E-state index in [0.29, 0.717) is 17.6 Å². The van der Waals surface area contributed by atoms with Gasteiger partial charge in [-0.1, -0.05) is 13.3 Å². The van der Waals surface area contributed by atoms with Gasteiger partial charge in [0.05, 0.1) is 4.47 Å². The van der Waals surface area contributed by atoms with Crippen LogP contribution >= 0.6 is 15.9 Å². The van der Waals surface area contributed by atoms with Crippen LogP contribution in [0.2, 0.25) is 0 Å². The van der Waals surface area contributed by atoms with Gasteiger partial charge in [0, 0.05) is 5.56 Å². The number of amidine groups is 1. The Morgan fingerprint density at radius 2 is 2.11 bits per heavy atom. The molecule has 0 saturated heterocycles. The predicted molar refractivity (Wildman–Crippen MR) is 77.2 cm³/mol. The summed E-state index contributed by atoms with van der Waals surface area (Å²) in [5.74, 6) is 1.53. The highest BCUT2D eigenvalue weighted by Gasteiger charge is 2.23. The summed E-state index contributed by atoms with van der Waals surface area (Å²) < 4.78 is 6.94. The molecule has 1 saturated carbocycles. The molecule has 0 aromatic heterocycles. The summed E-state index contributed by atoms with van der Waals surface area (Å²) >= 11 is 3.48. The number of nitrogens with one attached hydrogen (secondary N) is 1. The lowest BCUT2D eigenvalue weighted by Crippen LogP contribution is -2.28. The second-order valence-electron chi connectivity index (χ2n) is 4.98. The van der Waals surface area contributed by atoms with Gasteiger partial charge in [-0.05, 0) is 59.3 Å². The van der Waals surface area contributed by atoms with Gasteiger partial charge in [0.25, 0.3) is 0 Å². The number of hydrogen-bond donors (Lipinski definition) is 2. The van der Waals surface area contributed by atoms with Crippen molar-refractivity contribution in [3.63, 3.8) is 0 Å². The Hall–Kier alpha value is -1.03. The number of benzene rings is 1. The summed E-state index contributed by atoms with van der Waals surface area (Å²) in [6.45, 7) is 2.25. The Labute approximate surface area is 116 Å². The zero-order valence-electron chi connectivity index (χ0n) is 10.6. The number of ether oxygens (including phenoxy) is 1. The molecule has 4 heteroatoms. The quantitative estimate of drug-likeness (QED) is 0.660. The maximum absolute atomic E-state index is 7.40. The molecular weight excluding hydrogens is 292 g/mol. The van der Waals surface area contributed by atoms with E-state index in [-0.39, 0.29) is 5.84 Å². The molecule has 3 nitrogen and oxygen atoms in total. The van der Waals surface area contributed by atoms with Crippen LogP contribution in [-0.4, -0.2) is 11.9 Å². The van der Waals surface area contributed by atoms with E-state index in [9.17, 15) is 0 Å². The van der Waals surface area contributed by atoms with Crippen LogP contribution < -0.4 is 10.5 Å². The van der Waals surface area contributed by atoms with Crippen molar-refractivity contribution < 1.29 is 4.74 Å². The highest BCUT2D eigenvalue weighted by Crippen LogP contribution is 2.32. The molecule has 0 bridgehead atoms. The Morgan fingerprint density at radius 1 is 1.39 bits per heavy atom. The van der Waals surface area contributed by atoms with Crippen molar-refractivity contribution in [3.8, 4) is 5.75 Å². The molecule has 1 aromatic rings. The summed E-state index contributed by atoms with van der Waals surface area (Å²) in [6.07, 6.45) is 5.23. The van der Waals surface area contributed by atoms with Crippen molar-refractivity contribution in [1.82, 2.24) is 0 Å². The second kappa shape index (κ2) is 5.74. The normalized spacial score (nSPS) is 23.7. The van der Waals surface area contributed by atoms with Gasteiger partial charge in [0.15, 0.2) is 0 Å². The monoisotopic (exact) mass is 310 g/mol. The smallest absolute Gasteiger partial charge is 0.133 e. The Kier molecular flexibility index (Phi) is 4.27. The van der Waals surface area contributed by atoms with E-state index in [0.717, 1.165) is 16.6 Å². The molecule has 0 radical (unpaired) electrons. The minimum absolute atomic E-state index is 0.0771. The number of hydrogen-bond acceptors (Lipinski definition) is 2. The van der Waals surface area contributed by atoms with E-state index in [1.807, 2.05) is 18.2 Å². The first-order valence-electron chi connectivity index (χ1n) is 6.38. The fourth-order valence-electron chi connectivity index (χ4n) is 2.38. The summed E-state index contributed by atoms with van der Waals surface area (Å²) in [5, 5.41) is 7.40. The summed E-state index contributed by atoms with van der Waals surface area (Å²) in [7, 11) is 0. The predicted octanol–water partition coefficient (Wildman–Crippen LogP) is 3.69. The van der Waals surface area contributed by atoms with Crippen LogP contribution in [0.4, 0.5) is 0 Å². The van der Waals surface area contributed by atoms with Crippen molar-refractivity contribution >= 4 is 21.8 Å². The average Bonchev–Trinajstić information content (AvgIpc) is 2.34. The fraction of sp³-hybridized carbons (Fsp3) is 0.500. The van der Waals surface area contributed by atoms with E-state index in [2.05, 4.69) is 22.9 Å². The van der Waals surface area contributed by atoms with Gasteiger partial charge >= 0.3 is 0 Å². The summed E-state index contributed by atoms with van der Waals surface area (Å²) in [6, 6.07) is 5.56. The topological polar surface area (TPSA) is 59.1 Å². The molecule has 0 amide bonds. The van der Waals surface area contributed by atoms with Crippen LogP contribution in [-0.2, 0) is 0 Å². The Bertz CT molecular complexity index is 447. The molecule has 1 fully saturated rings. The number of halogens is 1. The van der Waals surface area contributed by atoms with Gasteiger partial charge in [0.1, 0.15) is 17.7 Å². The van der Waals surface area contributed by atoms with E-state index >= 15 is 0 Å². The van der Waals surface area contributed by atoms with E-state index in [1.165, 1.54) is 19.3 Å². The van der Waals surface area contributed by atoms with Crippen molar-refractivity contribution in [1.29, 1.82) is 5.41 Å². The molecule has 2 atom stereocenters. The molecule has 0 spiro atoms. The van der Waals surface area contributed by atoms with E-state index in [4.69, 9.17) is 15.9 Å². The zero-order valence-corrected chi connectivity index (χ0v) is 12.2. The Morgan fingerprint density at radius 3 is 2.72 bits per heavy atom. The average molecular weight is 311 g/mol. The molecule has 1 aromatic carbocycles. The first-order valence-corrected chi connectivity index (χ1v) is 7.18. The third kappa shape index (κ3) is 3.05. The standard InChI is InChI=1S/C14H19BrN2O/c1-9-4-2-3-5-12(9)18-13-7-6-10(14(16)17)8-11(13)15/h6-9,12H,2-5H2,1H3,(H3,16,17). The van der Waals surface area contributed by atoms with Crippen LogP contribution in [0.25, 0.3) is 0 Å². The lowest BCUT2D eigenvalue weighted by Gasteiger charge is -2.29. The van der Waals surface area contributed by atoms with Crippen molar-refractivity contribution in [3.05, 3.63) is 28.2 Å². The molecule has 2 rings (SSSR count). The van der Waals surface area contributed by atoms with Gasteiger partial charge in [-0.15, -0.1) is 0 Å². The number of nitrogen functional groups attached to an aromatic ring is 1. The minimum Gasteiger partial charge on any atom is -0.489 e. The second-order valence-corrected chi connectivity index (χ2v) is 5.83. The van der Waals surface area contributed by atoms with Crippen LogP contribution in [0.15, 0.2) is 22.7 Å². The summed E-state index contributed by atoms with van der Waals surface area (Å²) in [5.41, 5.74) is 6.17. The maximum atomic E-state index is 7.40. The van der Waals surface area contributed by atoms with Crippen LogP contribution in [0.3, 0.4) is 0 Å². The largest absolute Gasteiger partial charge is 0.489 e. The van der Waals surface area contributed by atoms with Crippen LogP contribution in [0, 0.1) is 11.3 Å². The van der Waals surface area contributed by atoms with Crippen molar-refractivity contribution in [2.24, 2.45) is 11.7 Å². The minimum atomic E-state index is 0.0771. The molecule has 1 aliphatic rings. The first kappa shape index (κ1) is 13.4. The molecule has 0 heterocycles. The molecule has 98 valence electrons. The number of nitrogens with two attached hydrogens (primary N) is 1. The fourth-order valence-corrected chi connectivity index (χ4v) is 2.86. The summed E-state index contributed by atoms with van der Waals surface area (Å²) in [4.78, 5) is 0. The van der Waals surface area contributed by atoms with E-state index in [1.54, 1.807) is 0 Å². The highest BCUT2D eigenvalue weighted by molar-refractivity contribution is 9.10. The first-order chi connectivity index (χ1) is 8.58. The Balaban J connectivity index is 2.11. The highest BCUT2D eigenvalue weighted by atomic mass is 79.9. The van der Waals surface area contributed by atoms with Crippen molar-refractivity contribution in [2.75, 3.05) is 0 Å². The SMILES string of the molecule is CC1CCCCC1Oc1ccc(C(=N)N)cc1Br. The molecule has 3 N–H and O–H groups in total. The lowest BCUT2D eigenvalue weighted by molar-refractivity contribution is 0.102.